The van der Waals surface area contributed by atoms with Crippen LogP contribution < -0.4 is 15.8 Å². The van der Waals surface area contributed by atoms with E-state index in [1.54, 1.807) is 13.1 Å². The molecule has 2 N–H and O–H groups in total. The number of carbonyl (C=O) groups excluding carboxylic acids is 1. The first-order valence-corrected chi connectivity index (χ1v) is 11.7. The first-order valence-electron chi connectivity index (χ1n) is 11.7. The first-order chi connectivity index (χ1) is 16.1. The molecule has 5 rings (SSSR count). The zero-order chi connectivity index (χ0) is 22.9. The molecule has 1 aliphatic heterocycles. The molecule has 2 aliphatic rings. The fourth-order valence-corrected chi connectivity index (χ4v) is 4.81. The molecular formula is C25H30N6O2. The number of nitrogens with one attached hydrogen (secondary N) is 2. The molecule has 172 valence electrons. The molecule has 33 heavy (non-hydrogen) atoms. The molecule has 0 unspecified atom stereocenters. The van der Waals surface area contributed by atoms with Crippen LogP contribution in [0.3, 0.4) is 0 Å². The van der Waals surface area contributed by atoms with Gasteiger partial charge in [0, 0.05) is 51.0 Å². The van der Waals surface area contributed by atoms with Gasteiger partial charge in [-0.1, -0.05) is 6.92 Å². The lowest BCUT2D eigenvalue weighted by Gasteiger charge is -2.43. The van der Waals surface area contributed by atoms with Gasteiger partial charge in [0.25, 0.3) is 11.5 Å². The largest absolute Gasteiger partial charge is 0.364 e. The first kappa shape index (κ1) is 21.6. The Balaban J connectivity index is 1.31. The molecule has 1 atom stereocenters. The minimum atomic E-state index is -0.165. The number of carbonyl (C=O) groups is 1. The van der Waals surface area contributed by atoms with E-state index in [1.807, 2.05) is 31.5 Å². The molecule has 0 bridgehead atoms. The van der Waals surface area contributed by atoms with E-state index < -0.39 is 0 Å². The molecule has 0 radical (unpaired) electrons. The third-order valence-corrected chi connectivity index (χ3v) is 6.82. The molecule has 1 amide bonds. The summed E-state index contributed by atoms with van der Waals surface area (Å²) >= 11 is 0. The van der Waals surface area contributed by atoms with Gasteiger partial charge in [0.15, 0.2) is 0 Å². The van der Waals surface area contributed by atoms with Crippen molar-refractivity contribution in [2.75, 3.05) is 31.6 Å². The van der Waals surface area contributed by atoms with E-state index in [4.69, 9.17) is 0 Å². The number of piperazine rings is 1. The minimum Gasteiger partial charge on any atom is -0.364 e. The molecular weight excluding hydrogens is 416 g/mol. The minimum absolute atomic E-state index is 0.0255. The van der Waals surface area contributed by atoms with Gasteiger partial charge in [0.1, 0.15) is 5.69 Å². The SMILES string of the molecule is CCc1cc2ncc(CN3CCN(c4ccc(C(=O)NC)nc4)[C@@H](C4CC4)C3)cc2[nH]c1=O. The number of fused-ring (bicyclic) bond motifs is 1. The van der Waals surface area contributed by atoms with Gasteiger partial charge < -0.3 is 15.2 Å². The number of aromatic amines is 1. The molecule has 8 nitrogen and oxygen atoms in total. The van der Waals surface area contributed by atoms with Gasteiger partial charge in [-0.05, 0) is 55.0 Å². The van der Waals surface area contributed by atoms with Crippen molar-refractivity contribution in [2.45, 2.75) is 38.8 Å². The molecule has 1 aliphatic carbocycles. The Kier molecular flexibility index (Phi) is 5.85. The molecule has 1 saturated heterocycles. The van der Waals surface area contributed by atoms with Crippen LogP contribution >= 0.6 is 0 Å². The summed E-state index contributed by atoms with van der Waals surface area (Å²) in [5.74, 6) is 0.534. The molecule has 8 heteroatoms. The normalized spacial score (nSPS) is 19.1. The quantitative estimate of drug-likeness (QED) is 0.604. The van der Waals surface area contributed by atoms with Crippen molar-refractivity contribution in [1.82, 2.24) is 25.2 Å². The Labute approximate surface area is 193 Å². The number of H-pyrrole nitrogens is 1. The second-order valence-electron chi connectivity index (χ2n) is 9.07. The van der Waals surface area contributed by atoms with Gasteiger partial charge in [0.05, 0.1) is 22.9 Å². The Morgan fingerprint density at radius 1 is 1.18 bits per heavy atom. The van der Waals surface area contributed by atoms with E-state index in [-0.39, 0.29) is 11.5 Å². The maximum absolute atomic E-state index is 12.2. The third-order valence-electron chi connectivity index (χ3n) is 6.82. The lowest BCUT2D eigenvalue weighted by Crippen LogP contribution is -2.54. The van der Waals surface area contributed by atoms with Crippen LogP contribution in [0.1, 0.15) is 41.4 Å². The lowest BCUT2D eigenvalue weighted by molar-refractivity contribution is 0.0958. The summed E-state index contributed by atoms with van der Waals surface area (Å²) in [7, 11) is 1.62. The Hall–Kier alpha value is -3.26. The van der Waals surface area contributed by atoms with Crippen LogP contribution in [0.4, 0.5) is 5.69 Å². The summed E-state index contributed by atoms with van der Waals surface area (Å²) in [6.45, 7) is 5.62. The number of pyridine rings is 3. The third kappa shape index (κ3) is 4.48. The van der Waals surface area contributed by atoms with Crippen molar-refractivity contribution >= 4 is 22.6 Å². The van der Waals surface area contributed by atoms with E-state index in [0.29, 0.717) is 24.1 Å². The van der Waals surface area contributed by atoms with Crippen LogP contribution in [-0.2, 0) is 13.0 Å². The molecule has 3 aromatic heterocycles. The standard InChI is InChI=1S/C25H30N6O2/c1-3-17-11-21-22(29-24(17)32)10-16(12-27-21)14-30-8-9-31(23(15-30)18-4-5-18)19-6-7-20(28-13-19)25(33)26-2/h6-7,10-13,18,23H,3-5,8-9,14-15H2,1-2H3,(H,26,33)(H,29,32)/t23-/m1/s1. The van der Waals surface area contributed by atoms with Gasteiger partial charge >= 0.3 is 0 Å². The molecule has 0 aromatic carbocycles. The highest BCUT2D eigenvalue weighted by atomic mass is 16.1. The van der Waals surface area contributed by atoms with E-state index in [0.717, 1.165) is 54.0 Å². The zero-order valence-corrected chi connectivity index (χ0v) is 19.2. The highest BCUT2D eigenvalue weighted by molar-refractivity contribution is 5.92. The van der Waals surface area contributed by atoms with Crippen LogP contribution in [0.15, 0.2) is 41.5 Å². The predicted octanol–water partition coefficient (Wildman–Crippen LogP) is 2.34. The second kappa shape index (κ2) is 8.94. The van der Waals surface area contributed by atoms with Crippen molar-refractivity contribution in [3.8, 4) is 0 Å². The van der Waals surface area contributed by atoms with Crippen LogP contribution in [0, 0.1) is 5.92 Å². The topological polar surface area (TPSA) is 94.2 Å². The number of aryl methyl sites for hydroxylation is 1. The molecule has 1 saturated carbocycles. The summed E-state index contributed by atoms with van der Waals surface area (Å²) in [4.78, 5) is 40.9. The van der Waals surface area contributed by atoms with Crippen LogP contribution in [0.25, 0.3) is 11.0 Å². The van der Waals surface area contributed by atoms with Crippen molar-refractivity contribution in [3.05, 3.63) is 63.8 Å². The van der Waals surface area contributed by atoms with Crippen LogP contribution in [0.2, 0.25) is 0 Å². The van der Waals surface area contributed by atoms with Gasteiger partial charge in [-0.3, -0.25) is 19.5 Å². The number of rotatable bonds is 6. The van der Waals surface area contributed by atoms with E-state index in [1.165, 1.54) is 12.8 Å². The number of nitrogens with zero attached hydrogens (tertiary/aromatic N) is 4. The number of hydrogen-bond donors (Lipinski definition) is 2. The van der Waals surface area contributed by atoms with Crippen LogP contribution in [-0.4, -0.2) is 58.5 Å². The van der Waals surface area contributed by atoms with E-state index in [2.05, 4.69) is 36.1 Å². The molecule has 4 heterocycles. The maximum Gasteiger partial charge on any atom is 0.269 e. The Bertz CT molecular complexity index is 1220. The fraction of sp³-hybridized carbons (Fsp3) is 0.440. The predicted molar refractivity (Wildman–Crippen MR) is 129 cm³/mol. The maximum atomic E-state index is 12.2. The monoisotopic (exact) mass is 446 g/mol. The smallest absolute Gasteiger partial charge is 0.269 e. The highest BCUT2D eigenvalue weighted by Crippen LogP contribution is 2.38. The average molecular weight is 447 g/mol. The van der Waals surface area contributed by atoms with Crippen molar-refractivity contribution in [1.29, 1.82) is 0 Å². The number of amides is 1. The molecule has 2 fully saturated rings. The van der Waals surface area contributed by atoms with Crippen molar-refractivity contribution < 1.29 is 4.79 Å². The number of aromatic nitrogens is 3. The summed E-state index contributed by atoms with van der Waals surface area (Å²) in [6.07, 6.45) is 6.98. The van der Waals surface area contributed by atoms with Gasteiger partial charge in [-0.25, -0.2) is 4.98 Å². The van der Waals surface area contributed by atoms with E-state index in [9.17, 15) is 9.59 Å². The zero-order valence-electron chi connectivity index (χ0n) is 19.2. The fourth-order valence-electron chi connectivity index (χ4n) is 4.81. The van der Waals surface area contributed by atoms with Gasteiger partial charge in [0.2, 0.25) is 0 Å². The Morgan fingerprint density at radius 3 is 2.73 bits per heavy atom. The number of anilines is 1. The van der Waals surface area contributed by atoms with Gasteiger partial charge in [-0.2, -0.15) is 0 Å². The number of hydrogen-bond acceptors (Lipinski definition) is 6. The highest BCUT2D eigenvalue weighted by Gasteiger charge is 2.39. The summed E-state index contributed by atoms with van der Waals surface area (Å²) in [5.41, 5.74) is 5.01. The summed E-state index contributed by atoms with van der Waals surface area (Å²) < 4.78 is 0. The van der Waals surface area contributed by atoms with Gasteiger partial charge in [-0.15, -0.1) is 0 Å². The summed E-state index contributed by atoms with van der Waals surface area (Å²) in [6, 6.07) is 8.20. The Morgan fingerprint density at radius 2 is 2.03 bits per heavy atom. The van der Waals surface area contributed by atoms with Crippen LogP contribution in [0.5, 0.6) is 0 Å². The van der Waals surface area contributed by atoms with Crippen molar-refractivity contribution in [3.63, 3.8) is 0 Å². The summed E-state index contributed by atoms with van der Waals surface area (Å²) in [5, 5.41) is 2.62. The molecule has 0 spiro atoms. The van der Waals surface area contributed by atoms with E-state index >= 15 is 0 Å². The molecule has 3 aromatic rings. The second-order valence-corrected chi connectivity index (χ2v) is 9.07. The lowest BCUT2D eigenvalue weighted by atomic mass is 10.0. The average Bonchev–Trinajstić information content (AvgIpc) is 3.69. The van der Waals surface area contributed by atoms with Crippen molar-refractivity contribution in [2.24, 2.45) is 5.92 Å².